The molecule has 0 aliphatic carbocycles. The number of nitrogens with zero attached hydrogens (tertiary/aromatic N) is 2. The lowest BCUT2D eigenvalue weighted by Crippen LogP contribution is -1.85. The Bertz CT molecular complexity index is 1020. The number of allylic oxidation sites excluding steroid dienone is 1. The summed E-state index contributed by atoms with van der Waals surface area (Å²) in [6.45, 7) is 7.51. The van der Waals surface area contributed by atoms with Crippen molar-refractivity contribution in [3.8, 4) is 6.07 Å². The molecule has 0 aliphatic rings. The van der Waals surface area contributed by atoms with Crippen LogP contribution < -0.4 is 0 Å². The van der Waals surface area contributed by atoms with Gasteiger partial charge in [0, 0.05) is 8.95 Å². The van der Waals surface area contributed by atoms with Crippen LogP contribution in [0, 0.1) is 17.9 Å². The summed E-state index contributed by atoms with van der Waals surface area (Å²) in [7, 11) is 0. The summed E-state index contributed by atoms with van der Waals surface area (Å²) in [5.74, 6) is 0. The molecule has 0 unspecified atom stereocenters. The molecule has 0 aromatic heterocycles. The molecule has 28 heavy (non-hydrogen) atoms. The monoisotopic (exact) mass is 488 g/mol. The predicted molar refractivity (Wildman–Crippen MR) is 123 cm³/mol. The standard InChI is InChI=1S/C24H14Br2N2/c1-28-24(15-18-4-12-23(26)13-5-18)20-8-6-19(7-9-20)21(16-27)14-17-2-10-22(25)11-3-17/h2-15H/b21-14+,24-15-. The molecule has 0 radical (unpaired) electrons. The van der Waals surface area contributed by atoms with Gasteiger partial charge in [0.1, 0.15) is 0 Å². The van der Waals surface area contributed by atoms with Gasteiger partial charge in [-0.2, -0.15) is 5.26 Å². The molecule has 0 bridgehead atoms. The number of hydrogen-bond acceptors (Lipinski definition) is 1. The maximum absolute atomic E-state index is 9.55. The minimum Gasteiger partial charge on any atom is -0.238 e. The van der Waals surface area contributed by atoms with E-state index in [-0.39, 0.29) is 0 Å². The number of hydrogen-bond donors (Lipinski definition) is 0. The molecule has 3 rings (SSSR count). The fourth-order valence-electron chi connectivity index (χ4n) is 2.62. The Morgan fingerprint density at radius 2 is 1.21 bits per heavy atom. The smallest absolute Gasteiger partial charge is 0.194 e. The molecular weight excluding hydrogens is 476 g/mol. The zero-order valence-electron chi connectivity index (χ0n) is 14.7. The van der Waals surface area contributed by atoms with E-state index in [1.165, 1.54) is 0 Å². The number of rotatable bonds is 4. The zero-order chi connectivity index (χ0) is 19.9. The Morgan fingerprint density at radius 1 is 0.750 bits per heavy atom. The van der Waals surface area contributed by atoms with Gasteiger partial charge in [0.05, 0.1) is 18.2 Å². The highest BCUT2D eigenvalue weighted by Gasteiger charge is 2.05. The Hall–Kier alpha value is -2.92. The fraction of sp³-hybridized carbons (Fsp3) is 0. The SMILES string of the molecule is [C-]#[N+]/C(=C\c1ccc(Br)cc1)c1ccc(/C(C#N)=C/c2ccc(Br)cc2)cc1. The molecule has 0 amide bonds. The Balaban J connectivity index is 1.89. The molecule has 0 heterocycles. The second-order valence-corrected chi connectivity index (χ2v) is 7.82. The average molecular weight is 490 g/mol. The van der Waals surface area contributed by atoms with Crippen LogP contribution in [0.4, 0.5) is 0 Å². The van der Waals surface area contributed by atoms with E-state index in [1.54, 1.807) is 0 Å². The van der Waals surface area contributed by atoms with E-state index in [9.17, 15) is 5.26 Å². The van der Waals surface area contributed by atoms with Crippen LogP contribution >= 0.6 is 31.9 Å². The highest BCUT2D eigenvalue weighted by molar-refractivity contribution is 9.10. The third kappa shape index (κ3) is 5.08. The van der Waals surface area contributed by atoms with Crippen LogP contribution in [0.15, 0.2) is 81.7 Å². The van der Waals surface area contributed by atoms with Gasteiger partial charge >= 0.3 is 0 Å². The Morgan fingerprint density at radius 3 is 1.68 bits per heavy atom. The number of benzene rings is 3. The highest BCUT2D eigenvalue weighted by atomic mass is 79.9. The maximum Gasteiger partial charge on any atom is 0.194 e. The molecule has 0 saturated heterocycles. The van der Waals surface area contributed by atoms with Crippen LogP contribution in [0.2, 0.25) is 0 Å². The normalized spacial score (nSPS) is 11.6. The molecular formula is C24H14Br2N2. The Labute approximate surface area is 181 Å². The molecule has 0 saturated carbocycles. The lowest BCUT2D eigenvalue weighted by molar-refractivity contribution is 1.51. The van der Waals surface area contributed by atoms with Crippen LogP contribution in [0.3, 0.4) is 0 Å². The average Bonchev–Trinajstić information content (AvgIpc) is 2.73. The largest absolute Gasteiger partial charge is 0.238 e. The summed E-state index contributed by atoms with van der Waals surface area (Å²) in [4.78, 5) is 3.66. The van der Waals surface area contributed by atoms with Crippen molar-refractivity contribution in [2.45, 2.75) is 0 Å². The summed E-state index contributed by atoms with van der Waals surface area (Å²) >= 11 is 6.83. The van der Waals surface area contributed by atoms with E-state index in [1.807, 2.05) is 84.9 Å². The van der Waals surface area contributed by atoms with Crippen molar-refractivity contribution < 1.29 is 0 Å². The zero-order valence-corrected chi connectivity index (χ0v) is 17.9. The first-order chi connectivity index (χ1) is 13.6. The van der Waals surface area contributed by atoms with E-state index >= 15 is 0 Å². The van der Waals surface area contributed by atoms with Gasteiger partial charge < -0.3 is 0 Å². The summed E-state index contributed by atoms with van der Waals surface area (Å²) in [6, 6.07) is 25.4. The van der Waals surface area contributed by atoms with Crippen LogP contribution in [0.5, 0.6) is 0 Å². The molecule has 4 heteroatoms. The van der Waals surface area contributed by atoms with E-state index in [4.69, 9.17) is 6.57 Å². The molecule has 0 N–H and O–H groups in total. The van der Waals surface area contributed by atoms with Crippen LogP contribution in [0.25, 0.3) is 28.3 Å². The molecule has 0 spiro atoms. The van der Waals surface area contributed by atoms with Crippen molar-refractivity contribution in [3.05, 3.63) is 115 Å². The first-order valence-corrected chi connectivity index (χ1v) is 10.0. The molecule has 0 aliphatic heterocycles. The van der Waals surface area contributed by atoms with Gasteiger partial charge in [-0.1, -0.05) is 80.4 Å². The Kier molecular flexibility index (Phi) is 6.61. The van der Waals surface area contributed by atoms with E-state index in [0.717, 1.165) is 31.2 Å². The quantitative estimate of drug-likeness (QED) is 0.209. The summed E-state index contributed by atoms with van der Waals surface area (Å²) < 4.78 is 2.00. The first kappa shape index (κ1) is 19.8. The number of nitriles is 1. The lowest BCUT2D eigenvalue weighted by Gasteiger charge is -2.04. The molecule has 2 nitrogen and oxygen atoms in total. The molecule has 0 atom stereocenters. The van der Waals surface area contributed by atoms with Crippen molar-refractivity contribution in [2.75, 3.05) is 0 Å². The van der Waals surface area contributed by atoms with Gasteiger partial charge in [0.25, 0.3) is 0 Å². The predicted octanol–water partition coefficient (Wildman–Crippen LogP) is 7.69. The fourth-order valence-corrected chi connectivity index (χ4v) is 3.15. The third-order valence-corrected chi connectivity index (χ3v) is 5.14. The topological polar surface area (TPSA) is 28.1 Å². The van der Waals surface area contributed by atoms with Crippen molar-refractivity contribution in [2.24, 2.45) is 0 Å². The van der Waals surface area contributed by atoms with Gasteiger partial charge in [0.15, 0.2) is 5.70 Å². The van der Waals surface area contributed by atoms with Gasteiger partial charge in [0.2, 0.25) is 0 Å². The highest BCUT2D eigenvalue weighted by Crippen LogP contribution is 2.24. The van der Waals surface area contributed by atoms with Crippen LogP contribution in [-0.2, 0) is 0 Å². The maximum atomic E-state index is 9.55. The summed E-state index contributed by atoms with van der Waals surface area (Å²) in [5, 5.41) is 9.55. The second-order valence-electron chi connectivity index (χ2n) is 5.99. The van der Waals surface area contributed by atoms with Crippen LogP contribution in [-0.4, -0.2) is 0 Å². The van der Waals surface area contributed by atoms with E-state index in [2.05, 4.69) is 42.8 Å². The van der Waals surface area contributed by atoms with Crippen molar-refractivity contribution in [1.82, 2.24) is 0 Å². The minimum atomic E-state index is 0.560. The summed E-state index contributed by atoms with van der Waals surface area (Å²) in [6.07, 6.45) is 3.71. The van der Waals surface area contributed by atoms with Gasteiger partial charge in [-0.3, -0.25) is 0 Å². The van der Waals surface area contributed by atoms with Gasteiger partial charge in [-0.25, -0.2) is 4.85 Å². The molecule has 3 aromatic carbocycles. The molecule has 0 fully saturated rings. The molecule has 3 aromatic rings. The minimum absolute atomic E-state index is 0.560. The number of halogens is 2. The molecule has 134 valence electrons. The van der Waals surface area contributed by atoms with Crippen molar-refractivity contribution in [1.29, 1.82) is 5.26 Å². The first-order valence-electron chi connectivity index (χ1n) is 8.42. The van der Waals surface area contributed by atoms with Gasteiger partial charge in [-0.05, 0) is 58.7 Å². The van der Waals surface area contributed by atoms with Gasteiger partial charge in [-0.15, -0.1) is 0 Å². The van der Waals surface area contributed by atoms with Crippen LogP contribution in [0.1, 0.15) is 22.3 Å². The van der Waals surface area contributed by atoms with E-state index < -0.39 is 0 Å². The third-order valence-electron chi connectivity index (χ3n) is 4.09. The van der Waals surface area contributed by atoms with E-state index in [0.29, 0.717) is 11.3 Å². The lowest BCUT2D eigenvalue weighted by atomic mass is 10.0. The van der Waals surface area contributed by atoms with Crippen molar-refractivity contribution in [3.63, 3.8) is 0 Å². The second kappa shape index (κ2) is 9.33. The van der Waals surface area contributed by atoms with Crippen molar-refractivity contribution >= 4 is 55.3 Å². The summed E-state index contributed by atoms with van der Waals surface area (Å²) in [5.41, 5.74) is 4.70.